The summed E-state index contributed by atoms with van der Waals surface area (Å²) in [6.07, 6.45) is 6.13. The van der Waals surface area contributed by atoms with E-state index in [1.807, 2.05) is 0 Å². The van der Waals surface area contributed by atoms with E-state index in [1.165, 1.54) is 12.8 Å². The van der Waals surface area contributed by atoms with Crippen molar-refractivity contribution in [3.8, 4) is 0 Å². The van der Waals surface area contributed by atoms with Gasteiger partial charge in [-0.05, 0) is 25.8 Å². The molecule has 3 heterocycles. The Morgan fingerprint density at radius 3 is 3.20 bits per heavy atom. The van der Waals surface area contributed by atoms with Gasteiger partial charge in [-0.25, -0.2) is 4.98 Å². The molecule has 0 aromatic carbocycles. The Bertz CT molecular complexity index is 355. The third-order valence-corrected chi connectivity index (χ3v) is 3.40. The number of hydrogen-bond donors (Lipinski definition) is 2. The Hall–Kier alpha value is -0.870. The first-order chi connectivity index (χ1) is 7.33. The third-order valence-electron chi connectivity index (χ3n) is 3.40. The number of aliphatic hydroxyl groups excluding tert-OH is 1. The zero-order valence-corrected chi connectivity index (χ0v) is 8.82. The van der Waals surface area contributed by atoms with Gasteiger partial charge in [0.05, 0.1) is 17.8 Å². The Kier molecular flexibility index (Phi) is 2.25. The van der Waals surface area contributed by atoms with Crippen LogP contribution in [0.25, 0.3) is 0 Å². The number of fused-ring (bicyclic) bond motifs is 1. The van der Waals surface area contributed by atoms with Crippen LogP contribution in [0.15, 0.2) is 6.20 Å². The minimum absolute atomic E-state index is 0.184. The summed E-state index contributed by atoms with van der Waals surface area (Å²) < 4.78 is 2.11. The Labute approximate surface area is 89.3 Å². The molecule has 0 aliphatic carbocycles. The second-order valence-electron chi connectivity index (χ2n) is 4.58. The summed E-state index contributed by atoms with van der Waals surface area (Å²) in [6.45, 7) is 1.82. The van der Waals surface area contributed by atoms with Crippen molar-refractivity contribution < 1.29 is 5.11 Å². The lowest BCUT2D eigenvalue weighted by molar-refractivity contribution is 0.130. The zero-order chi connectivity index (χ0) is 10.3. The molecular weight excluding hydrogens is 190 g/mol. The molecule has 1 saturated heterocycles. The Morgan fingerprint density at radius 1 is 1.47 bits per heavy atom. The largest absolute Gasteiger partial charge is 0.391 e. The highest BCUT2D eigenvalue weighted by molar-refractivity contribution is 5.12. The smallest absolute Gasteiger partial charge is 0.109 e. The molecule has 0 amide bonds. The first-order valence-corrected chi connectivity index (χ1v) is 5.80. The van der Waals surface area contributed by atoms with Crippen LogP contribution in [0.3, 0.4) is 0 Å². The summed E-state index contributed by atoms with van der Waals surface area (Å²) in [6, 6.07) is 0.445. The summed E-state index contributed by atoms with van der Waals surface area (Å²) in [4.78, 5) is 4.66. The SMILES string of the molecule is OC1CCc2nc(C3CCCN3)cn2C1. The van der Waals surface area contributed by atoms with Crippen LogP contribution in [0.2, 0.25) is 0 Å². The molecule has 0 radical (unpaired) electrons. The number of aryl methyl sites for hydroxylation is 1. The van der Waals surface area contributed by atoms with Crippen molar-refractivity contribution in [1.29, 1.82) is 0 Å². The van der Waals surface area contributed by atoms with E-state index in [0.717, 1.165) is 37.4 Å². The summed E-state index contributed by atoms with van der Waals surface area (Å²) in [5.41, 5.74) is 1.16. The Balaban J connectivity index is 1.85. The van der Waals surface area contributed by atoms with Gasteiger partial charge in [-0.1, -0.05) is 0 Å². The third kappa shape index (κ3) is 1.68. The van der Waals surface area contributed by atoms with E-state index in [2.05, 4.69) is 21.1 Å². The predicted octanol–water partition coefficient (Wildman–Crippen LogP) is 0.615. The number of hydrogen-bond acceptors (Lipinski definition) is 3. The summed E-state index contributed by atoms with van der Waals surface area (Å²) >= 11 is 0. The second-order valence-corrected chi connectivity index (χ2v) is 4.58. The monoisotopic (exact) mass is 207 g/mol. The lowest BCUT2D eigenvalue weighted by Crippen LogP contribution is -2.23. The predicted molar refractivity (Wildman–Crippen MR) is 56.5 cm³/mol. The van der Waals surface area contributed by atoms with Crippen molar-refractivity contribution in [1.82, 2.24) is 14.9 Å². The van der Waals surface area contributed by atoms with E-state index < -0.39 is 0 Å². The number of rotatable bonds is 1. The van der Waals surface area contributed by atoms with Gasteiger partial charge in [0.1, 0.15) is 5.82 Å². The highest BCUT2D eigenvalue weighted by atomic mass is 16.3. The molecule has 1 fully saturated rings. The van der Waals surface area contributed by atoms with Crippen LogP contribution in [0.4, 0.5) is 0 Å². The number of aromatic nitrogens is 2. The molecule has 2 atom stereocenters. The fourth-order valence-electron chi connectivity index (χ4n) is 2.55. The molecule has 2 aliphatic heterocycles. The zero-order valence-electron chi connectivity index (χ0n) is 8.82. The standard InChI is InChI=1S/C11H17N3O/c15-8-3-4-11-13-10(7-14(11)6-8)9-2-1-5-12-9/h7-9,12,15H,1-6H2. The van der Waals surface area contributed by atoms with Crippen molar-refractivity contribution >= 4 is 0 Å². The van der Waals surface area contributed by atoms with E-state index in [-0.39, 0.29) is 6.10 Å². The van der Waals surface area contributed by atoms with Gasteiger partial charge in [0, 0.05) is 19.2 Å². The van der Waals surface area contributed by atoms with Gasteiger partial charge < -0.3 is 15.0 Å². The molecule has 2 N–H and O–H groups in total. The molecular formula is C11H17N3O. The lowest BCUT2D eigenvalue weighted by Gasteiger charge is -2.18. The number of imidazole rings is 1. The second kappa shape index (κ2) is 3.61. The van der Waals surface area contributed by atoms with Crippen LogP contribution >= 0.6 is 0 Å². The van der Waals surface area contributed by atoms with Gasteiger partial charge in [0.15, 0.2) is 0 Å². The lowest BCUT2D eigenvalue weighted by atomic mass is 10.1. The van der Waals surface area contributed by atoms with Crippen LogP contribution in [-0.2, 0) is 13.0 Å². The molecule has 0 spiro atoms. The highest BCUT2D eigenvalue weighted by Crippen LogP contribution is 2.24. The van der Waals surface area contributed by atoms with Crippen molar-refractivity contribution in [2.75, 3.05) is 6.54 Å². The van der Waals surface area contributed by atoms with Crippen molar-refractivity contribution in [3.05, 3.63) is 17.7 Å². The van der Waals surface area contributed by atoms with E-state index in [4.69, 9.17) is 0 Å². The number of nitrogens with one attached hydrogen (secondary N) is 1. The molecule has 0 saturated carbocycles. The van der Waals surface area contributed by atoms with Crippen LogP contribution in [-0.4, -0.2) is 27.3 Å². The molecule has 2 unspecified atom stereocenters. The summed E-state index contributed by atoms with van der Waals surface area (Å²) in [7, 11) is 0. The molecule has 0 bridgehead atoms. The van der Waals surface area contributed by atoms with Crippen LogP contribution < -0.4 is 5.32 Å². The number of nitrogens with zero attached hydrogens (tertiary/aromatic N) is 2. The van der Waals surface area contributed by atoms with E-state index in [1.54, 1.807) is 0 Å². The van der Waals surface area contributed by atoms with E-state index >= 15 is 0 Å². The molecule has 15 heavy (non-hydrogen) atoms. The molecule has 2 aliphatic rings. The van der Waals surface area contributed by atoms with Crippen molar-refractivity contribution in [3.63, 3.8) is 0 Å². The maximum Gasteiger partial charge on any atom is 0.109 e. The normalized spacial score (nSPS) is 30.5. The topological polar surface area (TPSA) is 50.1 Å². The van der Waals surface area contributed by atoms with E-state index in [9.17, 15) is 5.11 Å². The number of aliphatic hydroxyl groups is 1. The Morgan fingerprint density at radius 2 is 2.40 bits per heavy atom. The molecule has 4 heteroatoms. The quantitative estimate of drug-likeness (QED) is 0.709. The fourth-order valence-corrected chi connectivity index (χ4v) is 2.55. The fraction of sp³-hybridized carbons (Fsp3) is 0.727. The average Bonchev–Trinajstić information content (AvgIpc) is 2.84. The highest BCUT2D eigenvalue weighted by Gasteiger charge is 2.23. The maximum atomic E-state index is 9.57. The minimum Gasteiger partial charge on any atom is -0.391 e. The molecule has 1 aromatic heterocycles. The van der Waals surface area contributed by atoms with E-state index in [0.29, 0.717) is 6.04 Å². The maximum absolute atomic E-state index is 9.57. The summed E-state index contributed by atoms with van der Waals surface area (Å²) in [5, 5.41) is 13.0. The molecule has 82 valence electrons. The first-order valence-electron chi connectivity index (χ1n) is 5.80. The van der Waals surface area contributed by atoms with Gasteiger partial charge in [-0.15, -0.1) is 0 Å². The van der Waals surface area contributed by atoms with Gasteiger partial charge in [-0.2, -0.15) is 0 Å². The van der Waals surface area contributed by atoms with Crippen LogP contribution in [0.5, 0.6) is 0 Å². The molecule has 4 nitrogen and oxygen atoms in total. The molecule has 3 rings (SSSR count). The van der Waals surface area contributed by atoms with Gasteiger partial charge in [-0.3, -0.25) is 0 Å². The van der Waals surface area contributed by atoms with Gasteiger partial charge in [0.25, 0.3) is 0 Å². The van der Waals surface area contributed by atoms with Crippen LogP contribution in [0.1, 0.15) is 36.8 Å². The van der Waals surface area contributed by atoms with Crippen molar-refractivity contribution in [2.24, 2.45) is 0 Å². The van der Waals surface area contributed by atoms with Crippen LogP contribution in [0, 0.1) is 0 Å². The van der Waals surface area contributed by atoms with Gasteiger partial charge in [0.2, 0.25) is 0 Å². The molecule has 1 aromatic rings. The van der Waals surface area contributed by atoms with Gasteiger partial charge >= 0.3 is 0 Å². The minimum atomic E-state index is -0.184. The average molecular weight is 207 g/mol. The first kappa shape index (κ1) is 9.36. The van der Waals surface area contributed by atoms with Crippen molar-refractivity contribution in [2.45, 2.75) is 44.4 Å². The summed E-state index contributed by atoms with van der Waals surface area (Å²) in [5.74, 6) is 1.14.